The Morgan fingerprint density at radius 3 is 2.05 bits per heavy atom. The quantitative estimate of drug-likeness (QED) is 0.181. The summed E-state index contributed by atoms with van der Waals surface area (Å²) in [4.78, 5) is 18.9. The number of aromatic nitrogens is 2. The van der Waals surface area contributed by atoms with Gasteiger partial charge in [0.1, 0.15) is 17.2 Å². The highest BCUT2D eigenvalue weighted by molar-refractivity contribution is 8.06. The van der Waals surface area contributed by atoms with Gasteiger partial charge in [-0.2, -0.15) is 0 Å². The van der Waals surface area contributed by atoms with Gasteiger partial charge in [0.15, 0.2) is 14.9 Å². The van der Waals surface area contributed by atoms with Crippen LogP contribution in [0.1, 0.15) is 33.3 Å². The average molecular weight is 605 g/mol. The average Bonchev–Trinajstić information content (AvgIpc) is 3.15. The molecule has 0 saturated carbocycles. The number of halogens is 1. The van der Waals surface area contributed by atoms with Crippen LogP contribution in [-0.4, -0.2) is 47.6 Å². The van der Waals surface area contributed by atoms with Gasteiger partial charge in [0.05, 0.1) is 16.9 Å². The van der Waals surface area contributed by atoms with Crippen LogP contribution in [0.2, 0.25) is 5.02 Å². The van der Waals surface area contributed by atoms with Gasteiger partial charge in [0.25, 0.3) is 5.56 Å². The number of anilines is 2. The van der Waals surface area contributed by atoms with Gasteiger partial charge in [-0.05, 0) is 69.6 Å². The molecule has 12 heteroatoms. The van der Waals surface area contributed by atoms with E-state index in [0.717, 1.165) is 11.7 Å². The summed E-state index contributed by atoms with van der Waals surface area (Å²) < 4.78 is 38.7. The molecule has 2 N–H and O–H groups in total. The molecular formula is C30H30BClN4O5S. The standard InChI is InChI=1S/C30H30BClN4O5S/c1-29(2)30(3,4)41-31(40-29)20-13-11-19(12-14-20)27-35-26(34-22-9-7-6-8-10-22)24(25(33)42(5,38)39)28(37)36(27)23-17-15-21(32)16-18-23/h6-18,33-34H,1-5H3. The molecule has 1 fully saturated rings. The van der Waals surface area contributed by atoms with Crippen molar-refractivity contribution in [3.8, 4) is 17.1 Å². The summed E-state index contributed by atoms with van der Waals surface area (Å²) in [6.45, 7) is 7.92. The lowest BCUT2D eigenvalue weighted by molar-refractivity contribution is 0.00578. The second-order valence-electron chi connectivity index (χ2n) is 11.1. The lowest BCUT2D eigenvalue weighted by Gasteiger charge is -2.32. The molecule has 0 unspecified atom stereocenters. The van der Waals surface area contributed by atoms with Crippen LogP contribution in [0.15, 0.2) is 83.7 Å². The number of sulfone groups is 1. The number of rotatable bonds is 6. The SMILES string of the molecule is CC1(C)OB(c2ccc(-c3nc(Nc4ccccc4)c(C(=N)S(C)(=O)=O)c(=O)n3-c3ccc(Cl)cc3)cc2)OC1(C)C. The maximum absolute atomic E-state index is 14.2. The molecule has 2 heterocycles. The van der Waals surface area contributed by atoms with Gasteiger partial charge >= 0.3 is 7.12 Å². The van der Waals surface area contributed by atoms with E-state index >= 15 is 0 Å². The third-order valence-corrected chi connectivity index (χ3v) is 8.69. The Morgan fingerprint density at radius 1 is 0.929 bits per heavy atom. The van der Waals surface area contributed by atoms with Crippen molar-refractivity contribution in [1.29, 1.82) is 5.41 Å². The summed E-state index contributed by atoms with van der Waals surface area (Å²) in [5.41, 5.74) is 0.191. The lowest BCUT2D eigenvalue weighted by atomic mass is 9.79. The van der Waals surface area contributed by atoms with E-state index in [1.54, 1.807) is 60.7 Å². The van der Waals surface area contributed by atoms with Crippen molar-refractivity contribution in [2.24, 2.45) is 0 Å². The number of hydrogen-bond acceptors (Lipinski definition) is 8. The van der Waals surface area contributed by atoms with E-state index in [0.29, 0.717) is 22.0 Å². The van der Waals surface area contributed by atoms with Crippen molar-refractivity contribution in [3.05, 3.63) is 99.8 Å². The molecule has 3 aromatic carbocycles. The van der Waals surface area contributed by atoms with E-state index < -0.39 is 38.8 Å². The third kappa shape index (κ3) is 5.65. The molecule has 1 saturated heterocycles. The van der Waals surface area contributed by atoms with E-state index in [4.69, 9.17) is 31.3 Å². The van der Waals surface area contributed by atoms with Gasteiger partial charge in [-0.1, -0.05) is 54.1 Å². The van der Waals surface area contributed by atoms with E-state index in [9.17, 15) is 13.2 Å². The molecule has 0 radical (unpaired) electrons. The van der Waals surface area contributed by atoms with Crippen molar-refractivity contribution >= 4 is 50.6 Å². The first-order chi connectivity index (χ1) is 19.7. The first kappa shape index (κ1) is 29.7. The van der Waals surface area contributed by atoms with E-state index in [-0.39, 0.29) is 17.2 Å². The van der Waals surface area contributed by atoms with Gasteiger partial charge in [0, 0.05) is 22.5 Å². The minimum atomic E-state index is -4.07. The van der Waals surface area contributed by atoms with Crippen LogP contribution >= 0.6 is 11.6 Å². The van der Waals surface area contributed by atoms with E-state index in [2.05, 4.69) is 5.32 Å². The van der Waals surface area contributed by atoms with Crippen LogP contribution in [0.25, 0.3) is 17.1 Å². The highest BCUT2D eigenvalue weighted by Crippen LogP contribution is 2.36. The predicted molar refractivity (Wildman–Crippen MR) is 167 cm³/mol. The minimum absolute atomic E-state index is 0.0585. The molecule has 1 aliphatic heterocycles. The Kier molecular flexibility index (Phi) is 7.65. The fraction of sp³-hybridized carbons (Fsp3) is 0.233. The molecule has 216 valence electrons. The summed E-state index contributed by atoms with van der Waals surface area (Å²) in [6.07, 6.45) is 0.885. The number of hydrogen-bond donors (Lipinski definition) is 2. The number of nitrogens with one attached hydrogen (secondary N) is 2. The maximum atomic E-state index is 14.2. The Bertz CT molecular complexity index is 1810. The fourth-order valence-electron chi connectivity index (χ4n) is 4.45. The fourth-order valence-corrected chi connectivity index (χ4v) is 5.13. The lowest BCUT2D eigenvalue weighted by Crippen LogP contribution is -2.41. The highest BCUT2D eigenvalue weighted by Gasteiger charge is 2.51. The van der Waals surface area contributed by atoms with Crippen molar-refractivity contribution in [2.45, 2.75) is 38.9 Å². The number of benzene rings is 3. The Morgan fingerprint density at radius 2 is 1.50 bits per heavy atom. The van der Waals surface area contributed by atoms with E-state index in [1.165, 1.54) is 4.57 Å². The third-order valence-electron chi connectivity index (χ3n) is 7.50. The summed E-state index contributed by atoms with van der Waals surface area (Å²) in [5.74, 6) is 0.170. The normalized spacial score (nSPS) is 15.9. The Hall–Kier alpha value is -3.77. The summed E-state index contributed by atoms with van der Waals surface area (Å²) >= 11 is 6.12. The molecule has 0 bridgehead atoms. The molecule has 0 aliphatic carbocycles. The largest absolute Gasteiger partial charge is 0.494 e. The molecule has 9 nitrogen and oxygen atoms in total. The predicted octanol–water partition coefficient (Wildman–Crippen LogP) is 4.97. The minimum Gasteiger partial charge on any atom is -0.399 e. The van der Waals surface area contributed by atoms with Gasteiger partial charge < -0.3 is 14.6 Å². The zero-order chi connectivity index (χ0) is 30.4. The Labute approximate surface area is 250 Å². The second-order valence-corrected chi connectivity index (χ2v) is 13.5. The van der Waals surface area contributed by atoms with Crippen molar-refractivity contribution in [2.75, 3.05) is 11.6 Å². The van der Waals surface area contributed by atoms with Crippen LogP contribution in [-0.2, 0) is 19.1 Å². The van der Waals surface area contributed by atoms with Crippen LogP contribution in [0.4, 0.5) is 11.5 Å². The van der Waals surface area contributed by atoms with Gasteiger partial charge in [0.2, 0.25) is 0 Å². The zero-order valence-corrected chi connectivity index (χ0v) is 25.4. The maximum Gasteiger partial charge on any atom is 0.494 e. The van der Waals surface area contributed by atoms with Crippen LogP contribution in [0.3, 0.4) is 0 Å². The summed E-state index contributed by atoms with van der Waals surface area (Å²) in [6, 6.07) is 22.7. The van der Waals surface area contributed by atoms with Crippen molar-refractivity contribution in [3.63, 3.8) is 0 Å². The molecular weight excluding hydrogens is 575 g/mol. The van der Waals surface area contributed by atoms with Crippen molar-refractivity contribution < 1.29 is 17.7 Å². The number of para-hydroxylation sites is 1. The molecule has 1 aromatic heterocycles. The van der Waals surface area contributed by atoms with Gasteiger partial charge in [-0.25, -0.2) is 13.4 Å². The zero-order valence-electron chi connectivity index (χ0n) is 23.8. The summed E-state index contributed by atoms with van der Waals surface area (Å²) in [5, 5.41) is 11.1. The van der Waals surface area contributed by atoms with Gasteiger partial charge in [-0.3, -0.25) is 14.8 Å². The Balaban J connectivity index is 1.71. The topological polar surface area (TPSA) is 123 Å². The van der Waals surface area contributed by atoms with Crippen LogP contribution in [0, 0.1) is 5.41 Å². The van der Waals surface area contributed by atoms with Gasteiger partial charge in [-0.15, -0.1) is 0 Å². The molecule has 1 aliphatic rings. The van der Waals surface area contributed by atoms with Crippen LogP contribution < -0.4 is 16.3 Å². The molecule has 0 spiro atoms. The number of nitrogens with zero attached hydrogens (tertiary/aromatic N) is 2. The van der Waals surface area contributed by atoms with Crippen LogP contribution in [0.5, 0.6) is 0 Å². The molecule has 4 aromatic rings. The smallest absolute Gasteiger partial charge is 0.399 e. The first-order valence-corrected chi connectivity index (χ1v) is 15.4. The molecule has 42 heavy (non-hydrogen) atoms. The molecule has 0 atom stereocenters. The van der Waals surface area contributed by atoms with Crippen molar-refractivity contribution in [1.82, 2.24) is 9.55 Å². The summed E-state index contributed by atoms with van der Waals surface area (Å²) in [7, 11) is -4.65. The van der Waals surface area contributed by atoms with E-state index in [1.807, 2.05) is 45.9 Å². The monoisotopic (exact) mass is 604 g/mol. The molecule has 5 rings (SSSR count). The molecule has 0 amide bonds. The second kappa shape index (κ2) is 10.8. The highest BCUT2D eigenvalue weighted by atomic mass is 35.5. The first-order valence-electron chi connectivity index (χ1n) is 13.2.